The molecule has 0 bridgehead atoms. The fourth-order valence-electron chi connectivity index (χ4n) is 2.98. The second kappa shape index (κ2) is 5.86. The Morgan fingerprint density at radius 3 is 2.67 bits per heavy atom. The normalized spacial score (nSPS) is 30.4. The monoisotopic (exact) mass is 213 g/mol. The van der Waals surface area contributed by atoms with Crippen LogP contribution in [0.4, 0.5) is 0 Å². The van der Waals surface area contributed by atoms with Crippen LogP contribution in [0.3, 0.4) is 0 Å². The van der Waals surface area contributed by atoms with E-state index in [0.717, 1.165) is 25.7 Å². The Balaban J connectivity index is 2.23. The van der Waals surface area contributed by atoms with E-state index < -0.39 is 0 Å². The lowest BCUT2D eigenvalue weighted by Crippen LogP contribution is -2.41. The highest BCUT2D eigenvalue weighted by Gasteiger charge is 2.31. The second-order valence-corrected chi connectivity index (χ2v) is 5.76. The van der Waals surface area contributed by atoms with Crippen molar-refractivity contribution >= 4 is 0 Å². The van der Waals surface area contributed by atoms with Gasteiger partial charge in [-0.2, -0.15) is 0 Å². The molecule has 2 heteroatoms. The molecule has 1 N–H and O–H groups in total. The SMILES string of the molecule is CCOCCN[C@@H]1C[C@H](C)CC(C)(C)C1. The molecule has 0 radical (unpaired) electrons. The van der Waals surface area contributed by atoms with E-state index >= 15 is 0 Å². The van der Waals surface area contributed by atoms with Gasteiger partial charge in [0.25, 0.3) is 0 Å². The number of rotatable bonds is 5. The molecular formula is C13H27NO. The summed E-state index contributed by atoms with van der Waals surface area (Å²) in [7, 11) is 0. The van der Waals surface area contributed by atoms with E-state index in [1.807, 2.05) is 6.92 Å². The minimum absolute atomic E-state index is 0.515. The van der Waals surface area contributed by atoms with Crippen LogP contribution in [0.2, 0.25) is 0 Å². The summed E-state index contributed by atoms with van der Waals surface area (Å²) in [4.78, 5) is 0. The minimum Gasteiger partial charge on any atom is -0.380 e. The molecule has 15 heavy (non-hydrogen) atoms. The topological polar surface area (TPSA) is 21.3 Å². The average Bonchev–Trinajstić information content (AvgIpc) is 2.09. The molecule has 0 heterocycles. The lowest BCUT2D eigenvalue weighted by molar-refractivity contribution is 0.123. The van der Waals surface area contributed by atoms with E-state index in [-0.39, 0.29) is 0 Å². The van der Waals surface area contributed by atoms with Gasteiger partial charge in [-0.15, -0.1) is 0 Å². The van der Waals surface area contributed by atoms with Crippen molar-refractivity contribution in [1.29, 1.82) is 0 Å². The zero-order valence-electron chi connectivity index (χ0n) is 10.8. The predicted octanol–water partition coefficient (Wildman–Crippen LogP) is 2.83. The van der Waals surface area contributed by atoms with Crippen LogP contribution in [0.5, 0.6) is 0 Å². The first-order chi connectivity index (χ1) is 7.03. The molecule has 90 valence electrons. The van der Waals surface area contributed by atoms with Gasteiger partial charge in [-0.05, 0) is 37.5 Å². The Hall–Kier alpha value is -0.0800. The van der Waals surface area contributed by atoms with Crippen molar-refractivity contribution in [3.05, 3.63) is 0 Å². The number of ether oxygens (including phenoxy) is 1. The zero-order valence-corrected chi connectivity index (χ0v) is 10.8. The summed E-state index contributed by atoms with van der Waals surface area (Å²) >= 11 is 0. The van der Waals surface area contributed by atoms with E-state index in [0.29, 0.717) is 11.5 Å². The van der Waals surface area contributed by atoms with Gasteiger partial charge in [0.05, 0.1) is 6.61 Å². The maximum Gasteiger partial charge on any atom is 0.0590 e. The van der Waals surface area contributed by atoms with E-state index in [2.05, 4.69) is 26.1 Å². The molecule has 0 aromatic rings. The van der Waals surface area contributed by atoms with Crippen LogP contribution >= 0.6 is 0 Å². The van der Waals surface area contributed by atoms with E-state index in [9.17, 15) is 0 Å². The maximum absolute atomic E-state index is 5.34. The molecule has 1 aliphatic carbocycles. The van der Waals surface area contributed by atoms with Crippen molar-refractivity contribution in [3.63, 3.8) is 0 Å². The van der Waals surface area contributed by atoms with Gasteiger partial charge in [-0.1, -0.05) is 20.8 Å². The Kier molecular flexibility index (Phi) is 5.07. The summed E-state index contributed by atoms with van der Waals surface area (Å²) in [5.74, 6) is 0.860. The van der Waals surface area contributed by atoms with Crippen molar-refractivity contribution in [2.24, 2.45) is 11.3 Å². The Bertz CT molecular complexity index is 179. The Morgan fingerprint density at radius 2 is 2.07 bits per heavy atom. The third kappa shape index (κ3) is 4.98. The molecular weight excluding hydrogens is 186 g/mol. The zero-order chi connectivity index (χ0) is 11.3. The summed E-state index contributed by atoms with van der Waals surface area (Å²) < 4.78 is 5.34. The first-order valence-corrected chi connectivity index (χ1v) is 6.34. The van der Waals surface area contributed by atoms with Gasteiger partial charge in [-0.3, -0.25) is 0 Å². The van der Waals surface area contributed by atoms with Crippen LogP contribution in [0, 0.1) is 11.3 Å². The summed E-state index contributed by atoms with van der Waals surface area (Å²) in [6.45, 7) is 11.9. The lowest BCUT2D eigenvalue weighted by Gasteiger charge is -2.39. The highest BCUT2D eigenvalue weighted by atomic mass is 16.5. The number of nitrogens with one attached hydrogen (secondary N) is 1. The van der Waals surface area contributed by atoms with Crippen molar-refractivity contribution < 1.29 is 4.74 Å². The third-order valence-electron chi connectivity index (χ3n) is 3.27. The van der Waals surface area contributed by atoms with Crippen LogP contribution in [-0.4, -0.2) is 25.8 Å². The molecule has 1 aliphatic rings. The van der Waals surface area contributed by atoms with Gasteiger partial charge in [0.1, 0.15) is 0 Å². The fourth-order valence-corrected chi connectivity index (χ4v) is 2.98. The first kappa shape index (κ1) is 13.0. The molecule has 0 amide bonds. The summed E-state index contributed by atoms with van der Waals surface area (Å²) in [5.41, 5.74) is 0.515. The van der Waals surface area contributed by atoms with E-state index in [1.54, 1.807) is 0 Å². The molecule has 0 spiro atoms. The maximum atomic E-state index is 5.34. The van der Waals surface area contributed by atoms with Gasteiger partial charge in [-0.25, -0.2) is 0 Å². The summed E-state index contributed by atoms with van der Waals surface area (Å²) in [5, 5.41) is 3.62. The van der Waals surface area contributed by atoms with Crippen molar-refractivity contribution in [1.82, 2.24) is 5.32 Å². The molecule has 1 fully saturated rings. The van der Waals surface area contributed by atoms with Crippen LogP contribution in [0.15, 0.2) is 0 Å². The van der Waals surface area contributed by atoms with Crippen LogP contribution in [-0.2, 0) is 4.74 Å². The molecule has 2 nitrogen and oxygen atoms in total. The van der Waals surface area contributed by atoms with Crippen LogP contribution in [0.25, 0.3) is 0 Å². The first-order valence-electron chi connectivity index (χ1n) is 6.34. The highest BCUT2D eigenvalue weighted by molar-refractivity contribution is 4.86. The molecule has 0 unspecified atom stereocenters. The third-order valence-corrected chi connectivity index (χ3v) is 3.27. The number of hydrogen-bond donors (Lipinski definition) is 1. The van der Waals surface area contributed by atoms with Crippen molar-refractivity contribution in [2.45, 2.75) is 53.0 Å². The van der Waals surface area contributed by atoms with E-state index in [1.165, 1.54) is 19.3 Å². The largest absolute Gasteiger partial charge is 0.380 e. The van der Waals surface area contributed by atoms with Crippen molar-refractivity contribution in [2.75, 3.05) is 19.8 Å². The van der Waals surface area contributed by atoms with Crippen molar-refractivity contribution in [3.8, 4) is 0 Å². The fraction of sp³-hybridized carbons (Fsp3) is 1.00. The molecule has 0 aliphatic heterocycles. The molecule has 0 saturated heterocycles. The Morgan fingerprint density at radius 1 is 1.33 bits per heavy atom. The predicted molar refractivity (Wildman–Crippen MR) is 65.1 cm³/mol. The summed E-state index contributed by atoms with van der Waals surface area (Å²) in [6.07, 6.45) is 4.01. The van der Waals surface area contributed by atoms with E-state index in [4.69, 9.17) is 4.74 Å². The second-order valence-electron chi connectivity index (χ2n) is 5.76. The molecule has 2 atom stereocenters. The number of hydrogen-bond acceptors (Lipinski definition) is 2. The van der Waals surface area contributed by atoms with Crippen LogP contribution in [0.1, 0.15) is 47.0 Å². The lowest BCUT2D eigenvalue weighted by atomic mass is 9.70. The van der Waals surface area contributed by atoms with Gasteiger partial charge in [0, 0.05) is 19.2 Å². The molecule has 0 aromatic heterocycles. The van der Waals surface area contributed by atoms with Gasteiger partial charge < -0.3 is 10.1 Å². The quantitative estimate of drug-likeness (QED) is 0.709. The average molecular weight is 213 g/mol. The highest BCUT2D eigenvalue weighted by Crippen LogP contribution is 2.38. The van der Waals surface area contributed by atoms with Crippen LogP contribution < -0.4 is 5.32 Å². The Labute approximate surface area is 94.8 Å². The smallest absolute Gasteiger partial charge is 0.0590 e. The molecule has 1 rings (SSSR count). The molecule has 0 aromatic carbocycles. The standard InChI is InChI=1S/C13H27NO/c1-5-15-7-6-14-12-8-11(2)9-13(3,4)10-12/h11-12,14H,5-10H2,1-4H3/t11-,12+/m0/s1. The van der Waals surface area contributed by atoms with Gasteiger partial charge >= 0.3 is 0 Å². The minimum atomic E-state index is 0.515. The molecule has 1 saturated carbocycles. The van der Waals surface area contributed by atoms with Gasteiger partial charge in [0.2, 0.25) is 0 Å². The summed E-state index contributed by atoms with van der Waals surface area (Å²) in [6, 6.07) is 0.698. The van der Waals surface area contributed by atoms with Gasteiger partial charge in [0.15, 0.2) is 0 Å².